The Morgan fingerprint density at radius 3 is 2.61 bits per heavy atom. The molecule has 0 saturated carbocycles. The van der Waals surface area contributed by atoms with E-state index in [-0.39, 0.29) is 30.3 Å². The highest BCUT2D eigenvalue weighted by molar-refractivity contribution is 5.80. The number of hydrogen-bond donors (Lipinski definition) is 1. The molecule has 2 saturated heterocycles. The lowest BCUT2D eigenvalue weighted by molar-refractivity contribution is -0.137. The van der Waals surface area contributed by atoms with E-state index in [1.807, 2.05) is 30.3 Å². The number of hydrogen-bond acceptors (Lipinski definition) is 2. The fraction of sp³-hybridized carbons (Fsp3) is 0.417. The Hall–Kier alpha value is -2.83. The highest BCUT2D eigenvalue weighted by atomic mass is 19.4. The summed E-state index contributed by atoms with van der Waals surface area (Å²) < 4.78 is 39.8. The summed E-state index contributed by atoms with van der Waals surface area (Å²) in [5.74, 6) is -0.149. The Labute approximate surface area is 179 Å². The minimum Gasteiger partial charge on any atom is -0.351 e. The molecule has 2 aromatic carbocycles. The van der Waals surface area contributed by atoms with E-state index in [9.17, 15) is 22.8 Å². The van der Waals surface area contributed by atoms with Crippen LogP contribution in [-0.4, -0.2) is 28.8 Å². The van der Waals surface area contributed by atoms with E-state index in [4.69, 9.17) is 0 Å². The van der Waals surface area contributed by atoms with Crippen molar-refractivity contribution < 1.29 is 22.8 Å². The summed E-state index contributed by atoms with van der Waals surface area (Å²) in [5.41, 5.74) is 0.777. The molecular weight excluding hydrogens is 405 g/mol. The number of amides is 2. The van der Waals surface area contributed by atoms with Crippen LogP contribution in [0.4, 0.5) is 13.2 Å². The molecule has 164 valence electrons. The summed E-state index contributed by atoms with van der Waals surface area (Å²) in [6.07, 6.45) is -1.45. The maximum absolute atomic E-state index is 13.3. The van der Waals surface area contributed by atoms with Gasteiger partial charge in [-0.05, 0) is 48.9 Å². The van der Waals surface area contributed by atoms with Crippen LogP contribution in [0, 0.1) is 0 Å². The first kappa shape index (κ1) is 21.4. The fourth-order valence-electron chi connectivity index (χ4n) is 4.79. The van der Waals surface area contributed by atoms with Crippen molar-refractivity contribution in [2.75, 3.05) is 0 Å². The zero-order valence-electron chi connectivity index (χ0n) is 17.1. The van der Waals surface area contributed by atoms with Crippen LogP contribution >= 0.6 is 0 Å². The first-order valence-electron chi connectivity index (χ1n) is 10.6. The molecule has 2 heterocycles. The maximum atomic E-state index is 13.3. The average Bonchev–Trinajstić information content (AvgIpc) is 3.00. The average molecular weight is 430 g/mol. The van der Waals surface area contributed by atoms with Gasteiger partial charge in [0.15, 0.2) is 0 Å². The number of likely N-dealkylation sites (tertiary alicyclic amines) is 1. The summed E-state index contributed by atoms with van der Waals surface area (Å²) in [7, 11) is 0. The Bertz CT molecular complexity index is 945. The van der Waals surface area contributed by atoms with Crippen LogP contribution in [0.5, 0.6) is 0 Å². The Kier molecular flexibility index (Phi) is 6.03. The van der Waals surface area contributed by atoms with Crippen molar-refractivity contribution in [2.45, 2.75) is 62.8 Å². The van der Waals surface area contributed by atoms with E-state index in [1.165, 1.54) is 6.07 Å². The first-order chi connectivity index (χ1) is 14.8. The minimum atomic E-state index is -4.45. The van der Waals surface area contributed by atoms with Crippen molar-refractivity contribution in [2.24, 2.45) is 0 Å². The van der Waals surface area contributed by atoms with Crippen LogP contribution in [0.1, 0.15) is 54.8 Å². The number of benzene rings is 2. The minimum absolute atomic E-state index is 0.0612. The van der Waals surface area contributed by atoms with Crippen LogP contribution in [0.2, 0.25) is 0 Å². The molecule has 2 aliphatic rings. The van der Waals surface area contributed by atoms with Crippen molar-refractivity contribution in [3.63, 3.8) is 0 Å². The third-order valence-corrected chi connectivity index (χ3v) is 6.24. The SMILES string of the molecule is O=C1CCC[C@H]2[C@@H](C[C@@H](c3cccc(C(F)(F)F)c3)N2C(=O)CCc2ccccc2)N1. The molecule has 0 radical (unpaired) electrons. The first-order valence-corrected chi connectivity index (χ1v) is 10.6. The Morgan fingerprint density at radius 1 is 1.10 bits per heavy atom. The van der Waals surface area contributed by atoms with Gasteiger partial charge in [0.2, 0.25) is 11.8 Å². The van der Waals surface area contributed by atoms with Crippen LogP contribution in [0.25, 0.3) is 0 Å². The predicted octanol–water partition coefficient (Wildman–Crippen LogP) is 4.65. The van der Waals surface area contributed by atoms with Gasteiger partial charge in [0.05, 0.1) is 23.7 Å². The van der Waals surface area contributed by atoms with E-state index < -0.39 is 17.8 Å². The summed E-state index contributed by atoms with van der Waals surface area (Å²) in [5, 5.41) is 2.99. The van der Waals surface area contributed by atoms with Crippen molar-refractivity contribution >= 4 is 11.8 Å². The van der Waals surface area contributed by atoms with Crippen LogP contribution in [-0.2, 0) is 22.2 Å². The van der Waals surface area contributed by atoms with Gasteiger partial charge in [-0.1, -0.05) is 42.5 Å². The molecular formula is C24H25F3N2O2. The predicted molar refractivity (Wildman–Crippen MR) is 110 cm³/mol. The van der Waals surface area contributed by atoms with Gasteiger partial charge in [0.25, 0.3) is 0 Å². The van der Waals surface area contributed by atoms with Gasteiger partial charge in [0, 0.05) is 12.8 Å². The molecule has 4 nitrogen and oxygen atoms in total. The van der Waals surface area contributed by atoms with Crippen molar-refractivity contribution in [1.29, 1.82) is 0 Å². The third kappa shape index (κ3) is 4.75. The number of nitrogens with one attached hydrogen (secondary N) is 1. The van der Waals surface area contributed by atoms with E-state index in [1.54, 1.807) is 11.0 Å². The van der Waals surface area contributed by atoms with Gasteiger partial charge in [0.1, 0.15) is 0 Å². The summed E-state index contributed by atoms with van der Waals surface area (Å²) in [4.78, 5) is 27.1. The molecule has 4 rings (SSSR count). The molecule has 0 bridgehead atoms. The van der Waals surface area contributed by atoms with Crippen molar-refractivity contribution in [3.05, 3.63) is 71.3 Å². The quantitative estimate of drug-likeness (QED) is 0.768. The van der Waals surface area contributed by atoms with E-state index in [0.717, 1.165) is 17.7 Å². The Morgan fingerprint density at radius 2 is 1.87 bits per heavy atom. The fourth-order valence-corrected chi connectivity index (χ4v) is 4.79. The van der Waals surface area contributed by atoms with Gasteiger partial charge in [-0.25, -0.2) is 0 Å². The molecule has 2 amide bonds. The second kappa shape index (κ2) is 8.73. The number of fused-ring (bicyclic) bond motifs is 1. The monoisotopic (exact) mass is 430 g/mol. The lowest BCUT2D eigenvalue weighted by Gasteiger charge is -2.31. The largest absolute Gasteiger partial charge is 0.416 e. The molecule has 0 unspecified atom stereocenters. The van der Waals surface area contributed by atoms with Gasteiger partial charge in [-0.3, -0.25) is 9.59 Å². The van der Waals surface area contributed by atoms with Crippen molar-refractivity contribution in [1.82, 2.24) is 10.2 Å². The number of alkyl halides is 3. The van der Waals surface area contributed by atoms with E-state index >= 15 is 0 Å². The zero-order valence-corrected chi connectivity index (χ0v) is 17.1. The standard InChI is InChI=1S/C24H25F3N2O2/c25-24(26,27)18-9-4-8-17(14-18)21-15-19-20(10-5-11-22(30)28-19)29(21)23(31)13-12-16-6-2-1-3-7-16/h1-4,6-9,14,19-21H,5,10-13,15H2,(H,28,30)/t19-,20+,21+/m1/s1. The lowest BCUT2D eigenvalue weighted by Crippen LogP contribution is -2.45. The highest BCUT2D eigenvalue weighted by Crippen LogP contribution is 2.41. The van der Waals surface area contributed by atoms with Crippen LogP contribution < -0.4 is 5.32 Å². The van der Waals surface area contributed by atoms with E-state index in [0.29, 0.717) is 37.7 Å². The van der Waals surface area contributed by atoms with Crippen molar-refractivity contribution in [3.8, 4) is 0 Å². The Balaban J connectivity index is 1.62. The maximum Gasteiger partial charge on any atom is 0.416 e. The molecule has 3 atom stereocenters. The van der Waals surface area contributed by atoms with Gasteiger partial charge in [-0.2, -0.15) is 13.2 Å². The molecule has 2 aromatic rings. The number of aryl methyl sites for hydroxylation is 1. The van der Waals surface area contributed by atoms with Crippen LogP contribution in [0.15, 0.2) is 54.6 Å². The summed E-state index contributed by atoms with van der Waals surface area (Å²) in [6.45, 7) is 0. The number of nitrogens with zero attached hydrogens (tertiary/aromatic N) is 1. The number of carbonyl (C=O) groups is 2. The van der Waals surface area contributed by atoms with Crippen LogP contribution in [0.3, 0.4) is 0 Å². The number of halogens is 3. The van der Waals surface area contributed by atoms with Gasteiger partial charge >= 0.3 is 6.18 Å². The second-order valence-electron chi connectivity index (χ2n) is 8.29. The molecule has 0 spiro atoms. The molecule has 0 aliphatic carbocycles. The summed E-state index contributed by atoms with van der Waals surface area (Å²) >= 11 is 0. The number of carbonyl (C=O) groups excluding carboxylic acids is 2. The number of rotatable bonds is 4. The highest BCUT2D eigenvalue weighted by Gasteiger charge is 2.45. The summed E-state index contributed by atoms with van der Waals surface area (Å²) in [6, 6.07) is 13.9. The molecule has 1 N–H and O–H groups in total. The molecule has 0 aromatic heterocycles. The lowest BCUT2D eigenvalue weighted by atomic mass is 9.99. The molecule has 2 aliphatic heterocycles. The molecule has 31 heavy (non-hydrogen) atoms. The van der Waals surface area contributed by atoms with Gasteiger partial charge < -0.3 is 10.2 Å². The normalized spacial score (nSPS) is 23.8. The molecule has 2 fully saturated rings. The third-order valence-electron chi connectivity index (χ3n) is 6.24. The second-order valence-corrected chi connectivity index (χ2v) is 8.29. The molecule has 7 heteroatoms. The zero-order chi connectivity index (χ0) is 22.0. The van der Waals surface area contributed by atoms with Gasteiger partial charge in [-0.15, -0.1) is 0 Å². The van der Waals surface area contributed by atoms with E-state index in [2.05, 4.69) is 5.32 Å². The topological polar surface area (TPSA) is 49.4 Å². The smallest absolute Gasteiger partial charge is 0.351 e.